The second-order valence-electron chi connectivity index (χ2n) is 3.94. The third kappa shape index (κ3) is 2.89. The van der Waals surface area contributed by atoms with Crippen molar-refractivity contribution in [1.82, 2.24) is 4.98 Å². The fraction of sp³-hybridized carbons (Fsp3) is 0.250. The molecule has 90 valence electrons. The normalized spacial score (nSPS) is 10.8. The van der Waals surface area contributed by atoms with E-state index in [-0.39, 0.29) is 0 Å². The number of rotatable bonds is 2. The Labute approximate surface area is 122 Å². The molecule has 0 amide bonds. The van der Waals surface area contributed by atoms with E-state index in [1.165, 1.54) is 16.0 Å². The van der Waals surface area contributed by atoms with Crippen LogP contribution < -0.4 is 5.73 Å². The summed E-state index contributed by atoms with van der Waals surface area (Å²) in [5.41, 5.74) is 9.21. The highest BCUT2D eigenvalue weighted by atomic mass is 79.9. The highest BCUT2D eigenvalue weighted by Gasteiger charge is 2.11. The fourth-order valence-corrected chi connectivity index (χ4v) is 4.21. The van der Waals surface area contributed by atoms with Gasteiger partial charge in [0, 0.05) is 20.2 Å². The zero-order valence-electron chi connectivity index (χ0n) is 9.55. The molecule has 0 atom stereocenters. The summed E-state index contributed by atoms with van der Waals surface area (Å²) in [7, 11) is 0. The van der Waals surface area contributed by atoms with Crippen LogP contribution in [-0.4, -0.2) is 4.98 Å². The Bertz CT molecular complexity index is 541. The summed E-state index contributed by atoms with van der Waals surface area (Å²) in [6, 6.07) is 4.25. The van der Waals surface area contributed by atoms with Gasteiger partial charge in [0.05, 0.1) is 5.69 Å². The molecule has 0 bridgehead atoms. The number of hydrogen-bond acceptors (Lipinski definition) is 3. The molecule has 0 radical (unpaired) electrons. The van der Waals surface area contributed by atoms with Crippen LogP contribution >= 0.6 is 43.2 Å². The molecule has 2 nitrogen and oxygen atoms in total. The Morgan fingerprint density at radius 2 is 1.82 bits per heavy atom. The average molecular weight is 376 g/mol. The van der Waals surface area contributed by atoms with Crippen molar-refractivity contribution in [1.29, 1.82) is 0 Å². The van der Waals surface area contributed by atoms with Gasteiger partial charge in [-0.1, -0.05) is 31.9 Å². The van der Waals surface area contributed by atoms with Gasteiger partial charge in [-0.15, -0.1) is 11.3 Å². The Morgan fingerprint density at radius 3 is 2.29 bits per heavy atom. The molecule has 0 aliphatic heterocycles. The lowest BCUT2D eigenvalue weighted by Gasteiger charge is -2.08. The van der Waals surface area contributed by atoms with Crippen LogP contribution in [0.5, 0.6) is 0 Å². The van der Waals surface area contributed by atoms with Crippen molar-refractivity contribution in [2.24, 2.45) is 0 Å². The van der Waals surface area contributed by atoms with Gasteiger partial charge in [0.15, 0.2) is 5.13 Å². The predicted octanol–water partition coefficient (Wildman–Crippen LogP) is 4.46. The lowest BCUT2D eigenvalue weighted by molar-refractivity contribution is 1.13. The Balaban J connectivity index is 2.39. The quantitative estimate of drug-likeness (QED) is 0.841. The summed E-state index contributed by atoms with van der Waals surface area (Å²) in [4.78, 5) is 5.47. The van der Waals surface area contributed by atoms with Crippen molar-refractivity contribution < 1.29 is 0 Å². The van der Waals surface area contributed by atoms with E-state index in [1.807, 2.05) is 6.92 Å². The van der Waals surface area contributed by atoms with E-state index in [9.17, 15) is 0 Å². The van der Waals surface area contributed by atoms with Crippen LogP contribution in [-0.2, 0) is 6.42 Å². The second kappa shape index (κ2) is 5.08. The van der Waals surface area contributed by atoms with Gasteiger partial charge in [0.1, 0.15) is 0 Å². The third-order valence-corrected chi connectivity index (χ3v) is 4.93. The number of nitrogen functional groups attached to an aromatic ring is 1. The van der Waals surface area contributed by atoms with Crippen molar-refractivity contribution in [2.75, 3.05) is 5.73 Å². The molecule has 0 aliphatic carbocycles. The largest absolute Gasteiger partial charge is 0.375 e. The Hall–Kier alpha value is -0.390. The van der Waals surface area contributed by atoms with Gasteiger partial charge in [0.2, 0.25) is 0 Å². The molecule has 0 spiro atoms. The van der Waals surface area contributed by atoms with Gasteiger partial charge in [-0.3, -0.25) is 0 Å². The van der Waals surface area contributed by atoms with Crippen molar-refractivity contribution in [3.05, 3.63) is 42.8 Å². The molecule has 0 saturated carbocycles. The van der Waals surface area contributed by atoms with Crippen LogP contribution in [0.2, 0.25) is 0 Å². The van der Waals surface area contributed by atoms with Crippen LogP contribution in [0.4, 0.5) is 5.13 Å². The Kier molecular flexibility index (Phi) is 3.90. The number of aromatic nitrogens is 1. The van der Waals surface area contributed by atoms with Crippen LogP contribution in [0.1, 0.15) is 21.7 Å². The highest BCUT2D eigenvalue weighted by Crippen LogP contribution is 2.32. The molecule has 2 rings (SSSR count). The summed E-state index contributed by atoms with van der Waals surface area (Å²) in [5, 5.41) is 0.636. The van der Waals surface area contributed by atoms with Crippen molar-refractivity contribution in [2.45, 2.75) is 20.3 Å². The smallest absolute Gasteiger partial charge is 0.180 e. The molecular formula is C12H12Br2N2S. The molecule has 0 aliphatic rings. The lowest BCUT2D eigenvalue weighted by atomic mass is 10.1. The minimum absolute atomic E-state index is 0.636. The molecule has 2 aromatic rings. The number of nitrogens with zero attached hydrogens (tertiary/aromatic N) is 1. The molecule has 0 saturated heterocycles. The second-order valence-corrected chi connectivity index (χ2v) is 6.77. The molecule has 0 unspecified atom stereocenters. The maximum Gasteiger partial charge on any atom is 0.180 e. The predicted molar refractivity (Wildman–Crippen MR) is 80.6 cm³/mol. The van der Waals surface area contributed by atoms with Crippen molar-refractivity contribution in [3.63, 3.8) is 0 Å². The molecular weight excluding hydrogens is 364 g/mol. The van der Waals surface area contributed by atoms with Crippen LogP contribution in [0, 0.1) is 13.8 Å². The van der Waals surface area contributed by atoms with Gasteiger partial charge in [-0.05, 0) is 37.1 Å². The Morgan fingerprint density at radius 1 is 1.24 bits per heavy atom. The van der Waals surface area contributed by atoms with Crippen LogP contribution in [0.15, 0.2) is 21.1 Å². The van der Waals surface area contributed by atoms with Gasteiger partial charge in [-0.2, -0.15) is 0 Å². The van der Waals surface area contributed by atoms with E-state index in [0.29, 0.717) is 5.13 Å². The van der Waals surface area contributed by atoms with Crippen LogP contribution in [0.3, 0.4) is 0 Å². The van der Waals surface area contributed by atoms with Crippen molar-refractivity contribution >= 4 is 48.3 Å². The minimum Gasteiger partial charge on any atom is -0.375 e. The summed E-state index contributed by atoms with van der Waals surface area (Å²) in [6.07, 6.45) is 0.849. The standard InChI is InChI=1S/C12H12Br2N2S/c1-6-3-9(13)8(10(14)4-6)5-11-7(2)16-12(15)17-11/h3-4H,5H2,1-2H3,(H2,15,16). The van der Waals surface area contributed by atoms with E-state index >= 15 is 0 Å². The molecule has 17 heavy (non-hydrogen) atoms. The molecule has 5 heteroatoms. The number of benzene rings is 1. The van der Waals surface area contributed by atoms with E-state index < -0.39 is 0 Å². The zero-order chi connectivity index (χ0) is 12.6. The molecule has 1 heterocycles. The number of halogens is 2. The summed E-state index contributed by atoms with van der Waals surface area (Å²) >= 11 is 8.78. The number of hydrogen-bond donors (Lipinski definition) is 1. The first-order valence-corrected chi connectivity index (χ1v) is 7.54. The van der Waals surface area contributed by atoms with Gasteiger partial charge in [0.25, 0.3) is 0 Å². The van der Waals surface area contributed by atoms with E-state index in [0.717, 1.165) is 21.1 Å². The maximum absolute atomic E-state index is 5.72. The number of thiazole rings is 1. The van der Waals surface area contributed by atoms with E-state index in [4.69, 9.17) is 5.73 Å². The molecule has 1 aromatic heterocycles. The van der Waals surface area contributed by atoms with Crippen LogP contribution in [0.25, 0.3) is 0 Å². The average Bonchev–Trinajstić information content (AvgIpc) is 2.51. The first-order valence-electron chi connectivity index (χ1n) is 5.13. The van der Waals surface area contributed by atoms with Gasteiger partial charge >= 0.3 is 0 Å². The molecule has 1 aromatic carbocycles. The fourth-order valence-electron chi connectivity index (χ4n) is 1.67. The SMILES string of the molecule is Cc1cc(Br)c(Cc2sc(N)nc2C)c(Br)c1. The lowest BCUT2D eigenvalue weighted by Crippen LogP contribution is -1.92. The molecule has 2 N–H and O–H groups in total. The maximum atomic E-state index is 5.72. The summed E-state index contributed by atoms with van der Waals surface area (Å²) in [6.45, 7) is 4.08. The van der Waals surface area contributed by atoms with Gasteiger partial charge < -0.3 is 5.73 Å². The highest BCUT2D eigenvalue weighted by molar-refractivity contribution is 9.11. The monoisotopic (exact) mass is 374 g/mol. The first-order chi connectivity index (χ1) is 7.97. The zero-order valence-corrected chi connectivity index (χ0v) is 13.5. The number of aryl methyl sites for hydroxylation is 2. The number of anilines is 1. The topological polar surface area (TPSA) is 38.9 Å². The minimum atomic E-state index is 0.636. The molecule has 0 fully saturated rings. The summed E-state index contributed by atoms with van der Waals surface area (Å²) in [5.74, 6) is 0. The van der Waals surface area contributed by atoms with Crippen molar-refractivity contribution in [3.8, 4) is 0 Å². The number of nitrogens with two attached hydrogens (primary N) is 1. The first kappa shape index (κ1) is 13.1. The van der Waals surface area contributed by atoms with Gasteiger partial charge in [-0.25, -0.2) is 4.98 Å². The van der Waals surface area contributed by atoms with E-state index in [2.05, 4.69) is 55.9 Å². The summed E-state index contributed by atoms with van der Waals surface area (Å²) < 4.78 is 2.24. The third-order valence-electron chi connectivity index (χ3n) is 2.53. The van der Waals surface area contributed by atoms with E-state index in [1.54, 1.807) is 11.3 Å².